The van der Waals surface area contributed by atoms with E-state index in [-0.39, 0.29) is 31.6 Å². The van der Waals surface area contributed by atoms with Crippen LogP contribution in [0.1, 0.15) is 70.1 Å². The number of pyridine rings is 1. The normalized spacial score (nSPS) is 11.6. The number of carbonyl (C=O) groups excluding carboxylic acids is 1. The van der Waals surface area contributed by atoms with Gasteiger partial charge in [-0.05, 0) is 71.3 Å². The number of benzene rings is 4. The van der Waals surface area contributed by atoms with Crippen LogP contribution in [0, 0.1) is 13.0 Å². The molecule has 5 aromatic rings. The molecule has 5 rings (SSSR count). The first-order valence-electron chi connectivity index (χ1n) is 13.2. The van der Waals surface area contributed by atoms with E-state index in [1.165, 1.54) is 63.5 Å². The van der Waals surface area contributed by atoms with Gasteiger partial charge in [0, 0.05) is 38.1 Å². The topological polar surface area (TPSA) is 50.2 Å². The minimum absolute atomic E-state index is 0. The Kier molecular flexibility index (Phi) is 9.82. The number of aliphatic hydroxyl groups excluding tert-OH is 1. The Morgan fingerprint density at radius 3 is 2.18 bits per heavy atom. The first-order chi connectivity index (χ1) is 18.1. The van der Waals surface area contributed by atoms with E-state index in [1.54, 1.807) is 0 Å². The van der Waals surface area contributed by atoms with Gasteiger partial charge in [0.15, 0.2) is 5.78 Å². The molecule has 0 fully saturated rings. The van der Waals surface area contributed by atoms with Gasteiger partial charge >= 0.3 is 0 Å². The Morgan fingerprint density at radius 1 is 0.872 bits per heavy atom. The fourth-order valence-corrected chi connectivity index (χ4v) is 5.16. The molecule has 0 aliphatic rings. The molecule has 0 unspecified atom stereocenters. The Balaban J connectivity index is 0.000000468. The van der Waals surface area contributed by atoms with Crippen molar-refractivity contribution < 1.29 is 30.0 Å². The van der Waals surface area contributed by atoms with Crippen LogP contribution < -0.4 is 0 Å². The molecule has 203 valence electrons. The Bertz CT molecular complexity index is 1680. The maximum atomic E-state index is 10.0. The molecule has 1 radical (unpaired) electrons. The summed E-state index contributed by atoms with van der Waals surface area (Å²) >= 11 is 0. The summed E-state index contributed by atoms with van der Waals surface area (Å²) in [6.07, 6.45) is 3.10. The zero-order valence-electron chi connectivity index (χ0n) is 23.7. The summed E-state index contributed by atoms with van der Waals surface area (Å²) in [4.78, 5) is 14.8. The number of aryl methyl sites for hydroxylation is 1. The molecular weight excluding hydrogens is 659 g/mol. The third-order valence-corrected chi connectivity index (χ3v) is 6.85. The summed E-state index contributed by atoms with van der Waals surface area (Å²) in [5.74, 6) is 0.854. The molecule has 1 heterocycles. The van der Waals surface area contributed by atoms with Crippen molar-refractivity contribution in [1.82, 2.24) is 4.98 Å². The number of rotatable bonds is 4. The van der Waals surface area contributed by atoms with E-state index in [0.29, 0.717) is 11.8 Å². The zero-order chi connectivity index (χ0) is 27.6. The van der Waals surface area contributed by atoms with Gasteiger partial charge in [0.25, 0.3) is 0 Å². The van der Waals surface area contributed by atoms with E-state index in [0.717, 1.165) is 16.6 Å². The van der Waals surface area contributed by atoms with Crippen molar-refractivity contribution in [2.45, 2.75) is 60.3 Å². The van der Waals surface area contributed by atoms with Crippen LogP contribution in [0.25, 0.3) is 43.6 Å². The van der Waals surface area contributed by atoms with Gasteiger partial charge < -0.3 is 5.11 Å². The van der Waals surface area contributed by atoms with E-state index >= 15 is 0 Å². The van der Waals surface area contributed by atoms with Crippen LogP contribution in [0.2, 0.25) is 0 Å². The zero-order valence-corrected chi connectivity index (χ0v) is 26.1. The SMILES string of the molecule is CC(=O)/C=C(/C)O.Cc1cc2c(-c3[c-]c4ccc5ccccc5c4c(C(C)C)c3)nccc2cc1C(C)C.[Ir]. The van der Waals surface area contributed by atoms with Gasteiger partial charge in [0.2, 0.25) is 0 Å². The summed E-state index contributed by atoms with van der Waals surface area (Å²) in [6, 6.07) is 25.9. The van der Waals surface area contributed by atoms with Crippen molar-refractivity contribution in [3.63, 3.8) is 0 Å². The molecule has 0 aliphatic carbocycles. The van der Waals surface area contributed by atoms with Gasteiger partial charge in [-0.25, -0.2) is 0 Å². The number of ketones is 1. The van der Waals surface area contributed by atoms with Gasteiger partial charge in [-0.1, -0.05) is 81.1 Å². The van der Waals surface area contributed by atoms with Gasteiger partial charge in [0.05, 0.1) is 5.76 Å². The second-order valence-electron chi connectivity index (χ2n) is 10.6. The van der Waals surface area contributed by atoms with Crippen LogP contribution in [0.5, 0.6) is 0 Å². The maximum Gasteiger partial charge on any atom is 0.155 e. The first-order valence-corrected chi connectivity index (χ1v) is 13.2. The molecule has 0 amide bonds. The summed E-state index contributed by atoms with van der Waals surface area (Å²) in [6.45, 7) is 14.1. The Hall–Kier alpha value is -3.33. The summed E-state index contributed by atoms with van der Waals surface area (Å²) in [5.41, 5.74) is 6.19. The number of nitrogens with zero attached hydrogens (tertiary/aromatic N) is 1. The summed E-state index contributed by atoms with van der Waals surface area (Å²) in [7, 11) is 0. The van der Waals surface area contributed by atoms with E-state index < -0.39 is 0 Å². The quantitative estimate of drug-likeness (QED) is 0.0883. The van der Waals surface area contributed by atoms with Gasteiger partial charge in [-0.2, -0.15) is 0 Å². The molecule has 39 heavy (non-hydrogen) atoms. The van der Waals surface area contributed by atoms with E-state index in [2.05, 4.69) is 101 Å². The fraction of sp³-hybridized carbons (Fsp3) is 0.257. The van der Waals surface area contributed by atoms with Crippen LogP contribution in [-0.4, -0.2) is 15.9 Å². The van der Waals surface area contributed by atoms with Crippen LogP contribution >= 0.6 is 0 Å². The maximum absolute atomic E-state index is 10.0. The van der Waals surface area contributed by atoms with Crippen molar-refractivity contribution in [1.29, 1.82) is 0 Å². The first kappa shape index (κ1) is 30.2. The van der Waals surface area contributed by atoms with E-state index in [4.69, 9.17) is 10.1 Å². The van der Waals surface area contributed by atoms with Crippen LogP contribution in [0.4, 0.5) is 0 Å². The predicted octanol–water partition coefficient (Wildman–Crippen LogP) is 9.60. The second kappa shape index (κ2) is 12.7. The Labute approximate surface area is 245 Å². The molecule has 1 aromatic heterocycles. The average Bonchev–Trinajstić information content (AvgIpc) is 2.86. The van der Waals surface area contributed by atoms with Gasteiger partial charge in [0.1, 0.15) is 0 Å². The van der Waals surface area contributed by atoms with Crippen molar-refractivity contribution in [3.05, 3.63) is 101 Å². The molecule has 3 nitrogen and oxygen atoms in total. The number of hydrogen-bond donors (Lipinski definition) is 1. The average molecular weight is 695 g/mol. The molecular formula is C35H36IrNO2-. The Morgan fingerprint density at radius 2 is 1.56 bits per heavy atom. The molecule has 1 N–H and O–H groups in total. The number of allylic oxidation sites excluding steroid dienone is 2. The van der Waals surface area contributed by atoms with Gasteiger partial charge in [-0.3, -0.25) is 9.78 Å². The number of carbonyl (C=O) groups is 1. The number of aliphatic hydroxyl groups is 1. The minimum atomic E-state index is -0.125. The smallest absolute Gasteiger partial charge is 0.155 e. The monoisotopic (exact) mass is 695 g/mol. The molecule has 0 saturated carbocycles. The van der Waals surface area contributed by atoms with Crippen LogP contribution in [0.15, 0.2) is 78.7 Å². The number of hydrogen-bond acceptors (Lipinski definition) is 3. The fourth-order valence-electron chi connectivity index (χ4n) is 5.16. The standard InChI is InChI=1S/C30H28N.C5H8O2.Ir/c1-18(2)26-16-22-12-13-31-30(28(22)14-20(26)5)24-15-23-11-10-21-8-6-7-9-25(21)29(23)27(17-24)19(3)4;1-4(6)3-5(2)7;/h6-14,16-19H,1-5H3;3,6H,1-2H3;/q-1;;/b;4-3-;. The molecule has 4 aromatic carbocycles. The largest absolute Gasteiger partial charge is 0.512 e. The van der Waals surface area contributed by atoms with Crippen molar-refractivity contribution in [2.24, 2.45) is 0 Å². The van der Waals surface area contributed by atoms with Crippen LogP contribution in [-0.2, 0) is 24.9 Å². The van der Waals surface area contributed by atoms with E-state index in [1.807, 2.05) is 6.20 Å². The van der Waals surface area contributed by atoms with Crippen molar-refractivity contribution >= 4 is 38.1 Å². The molecule has 4 heteroatoms. The summed E-state index contributed by atoms with van der Waals surface area (Å²) in [5, 5.41) is 15.9. The van der Waals surface area contributed by atoms with Crippen molar-refractivity contribution in [3.8, 4) is 11.3 Å². The molecule has 0 atom stereocenters. The summed E-state index contributed by atoms with van der Waals surface area (Å²) < 4.78 is 0. The predicted molar refractivity (Wildman–Crippen MR) is 161 cm³/mol. The third kappa shape index (κ3) is 6.64. The molecule has 0 spiro atoms. The second-order valence-corrected chi connectivity index (χ2v) is 10.6. The number of fused-ring (bicyclic) bond motifs is 4. The minimum Gasteiger partial charge on any atom is -0.512 e. The molecule has 0 bridgehead atoms. The molecule has 0 saturated heterocycles. The van der Waals surface area contributed by atoms with E-state index in [9.17, 15) is 4.79 Å². The van der Waals surface area contributed by atoms with Crippen molar-refractivity contribution in [2.75, 3.05) is 0 Å². The number of aromatic nitrogens is 1. The molecule has 0 aliphatic heterocycles. The third-order valence-electron chi connectivity index (χ3n) is 6.85. The van der Waals surface area contributed by atoms with Gasteiger partial charge in [-0.15, -0.1) is 29.1 Å². The van der Waals surface area contributed by atoms with Crippen LogP contribution in [0.3, 0.4) is 0 Å².